The molecule has 1 saturated carbocycles. The van der Waals surface area contributed by atoms with Crippen LogP contribution in [0.3, 0.4) is 0 Å². The van der Waals surface area contributed by atoms with Crippen molar-refractivity contribution < 1.29 is 4.79 Å². The number of hydrogen-bond acceptors (Lipinski definition) is 2. The molecule has 4 heteroatoms. The summed E-state index contributed by atoms with van der Waals surface area (Å²) in [5.74, 6) is -0.172. The minimum absolute atomic E-state index is 0.172. The Hall–Kier alpha value is -3.14. The van der Waals surface area contributed by atoms with Crippen LogP contribution in [0.5, 0.6) is 0 Å². The summed E-state index contributed by atoms with van der Waals surface area (Å²) in [5.41, 5.74) is 2.13. The van der Waals surface area contributed by atoms with Crippen molar-refractivity contribution in [1.82, 2.24) is 9.47 Å². The minimum Gasteiger partial charge on any atom is -0.331 e. The summed E-state index contributed by atoms with van der Waals surface area (Å²) in [6.07, 6.45) is 3.75. The molecule has 1 aliphatic carbocycles. The Bertz CT molecular complexity index is 976. The quantitative estimate of drug-likeness (QED) is 0.674. The number of benzene rings is 2. The van der Waals surface area contributed by atoms with Crippen LogP contribution < -0.4 is 5.56 Å². The monoisotopic (exact) mass is 358 g/mol. The molecular weight excluding hydrogens is 336 g/mol. The van der Waals surface area contributed by atoms with Gasteiger partial charge in [-0.1, -0.05) is 60.7 Å². The van der Waals surface area contributed by atoms with E-state index in [2.05, 4.69) is 0 Å². The predicted molar refractivity (Wildman–Crippen MR) is 106 cm³/mol. The first-order chi connectivity index (χ1) is 13.2. The first kappa shape index (κ1) is 17.3. The summed E-state index contributed by atoms with van der Waals surface area (Å²) in [4.78, 5) is 27.9. The Morgan fingerprint density at radius 1 is 0.889 bits per heavy atom. The number of pyridine rings is 1. The molecule has 0 unspecified atom stereocenters. The molecular formula is C23H22N2O2. The van der Waals surface area contributed by atoms with E-state index in [0.29, 0.717) is 13.1 Å². The number of amides is 1. The van der Waals surface area contributed by atoms with Crippen LogP contribution in [-0.4, -0.2) is 21.4 Å². The first-order valence-electron chi connectivity index (χ1n) is 9.30. The van der Waals surface area contributed by atoms with Crippen molar-refractivity contribution in [1.29, 1.82) is 0 Å². The Labute approximate surface area is 158 Å². The van der Waals surface area contributed by atoms with Gasteiger partial charge in [-0.25, -0.2) is 0 Å². The van der Waals surface area contributed by atoms with Gasteiger partial charge in [-0.2, -0.15) is 0 Å². The maximum atomic E-state index is 13.2. The fourth-order valence-corrected chi connectivity index (χ4v) is 3.29. The number of aromatic nitrogens is 1. The lowest BCUT2D eigenvalue weighted by atomic mass is 10.1. The van der Waals surface area contributed by atoms with Gasteiger partial charge in [0.2, 0.25) is 0 Å². The Morgan fingerprint density at radius 3 is 2.15 bits per heavy atom. The van der Waals surface area contributed by atoms with E-state index in [0.717, 1.165) is 24.0 Å². The van der Waals surface area contributed by atoms with E-state index in [-0.39, 0.29) is 23.1 Å². The highest BCUT2D eigenvalue weighted by Crippen LogP contribution is 2.29. The number of hydrogen-bond donors (Lipinski definition) is 0. The van der Waals surface area contributed by atoms with Gasteiger partial charge >= 0.3 is 0 Å². The van der Waals surface area contributed by atoms with E-state index in [1.54, 1.807) is 22.9 Å². The molecule has 1 aliphatic rings. The molecule has 1 amide bonds. The lowest BCUT2D eigenvalue weighted by Gasteiger charge is -2.22. The fraction of sp³-hybridized carbons (Fsp3) is 0.217. The molecule has 1 fully saturated rings. The smallest absolute Gasteiger partial charge is 0.263 e. The zero-order valence-electron chi connectivity index (χ0n) is 15.1. The van der Waals surface area contributed by atoms with Gasteiger partial charge in [0.15, 0.2) is 0 Å². The van der Waals surface area contributed by atoms with Crippen molar-refractivity contribution in [3.8, 4) is 0 Å². The maximum absolute atomic E-state index is 13.2. The van der Waals surface area contributed by atoms with E-state index in [4.69, 9.17) is 0 Å². The van der Waals surface area contributed by atoms with Gasteiger partial charge < -0.3 is 9.47 Å². The van der Waals surface area contributed by atoms with Crippen LogP contribution in [0.2, 0.25) is 0 Å². The van der Waals surface area contributed by atoms with Crippen LogP contribution in [0, 0.1) is 0 Å². The molecule has 0 bridgehead atoms. The van der Waals surface area contributed by atoms with Crippen LogP contribution in [0.15, 0.2) is 83.8 Å². The number of nitrogens with zero attached hydrogens (tertiary/aromatic N) is 2. The van der Waals surface area contributed by atoms with E-state index >= 15 is 0 Å². The lowest BCUT2D eigenvalue weighted by molar-refractivity contribution is 0.0727. The second kappa shape index (κ2) is 7.62. The second-order valence-electron chi connectivity index (χ2n) is 6.99. The van der Waals surface area contributed by atoms with Gasteiger partial charge in [0.05, 0.1) is 6.54 Å². The maximum Gasteiger partial charge on any atom is 0.263 e. The van der Waals surface area contributed by atoms with Crippen molar-refractivity contribution in [2.75, 3.05) is 0 Å². The first-order valence-corrected chi connectivity index (χ1v) is 9.30. The standard InChI is InChI=1S/C23H22N2O2/c26-22-21(12-7-15-24(22)16-18-8-3-1-4-9-18)23(27)25(20-13-14-20)17-19-10-5-2-6-11-19/h1-12,15,20H,13-14,16-17H2. The average Bonchev–Trinajstić information content (AvgIpc) is 3.54. The summed E-state index contributed by atoms with van der Waals surface area (Å²) in [6.45, 7) is 1.00. The summed E-state index contributed by atoms with van der Waals surface area (Å²) in [7, 11) is 0. The van der Waals surface area contributed by atoms with Gasteiger partial charge in [-0.15, -0.1) is 0 Å². The Kier molecular flexibility index (Phi) is 4.88. The molecule has 3 aromatic rings. The lowest BCUT2D eigenvalue weighted by Crippen LogP contribution is -2.37. The van der Waals surface area contributed by atoms with Gasteiger partial charge in [0.1, 0.15) is 5.56 Å². The van der Waals surface area contributed by atoms with Crippen LogP contribution in [0.1, 0.15) is 34.3 Å². The van der Waals surface area contributed by atoms with Crippen LogP contribution in [0.25, 0.3) is 0 Å². The van der Waals surface area contributed by atoms with Crippen molar-refractivity contribution >= 4 is 5.91 Å². The largest absolute Gasteiger partial charge is 0.331 e. The zero-order valence-corrected chi connectivity index (χ0v) is 15.1. The molecule has 0 spiro atoms. The normalized spacial score (nSPS) is 13.3. The van der Waals surface area contributed by atoms with E-state index in [1.807, 2.05) is 65.6 Å². The highest BCUT2D eigenvalue weighted by atomic mass is 16.2. The third-order valence-corrected chi connectivity index (χ3v) is 4.89. The van der Waals surface area contributed by atoms with Crippen molar-refractivity contribution in [3.63, 3.8) is 0 Å². The summed E-state index contributed by atoms with van der Waals surface area (Å²) in [6, 6.07) is 23.4. The molecule has 1 heterocycles. The molecule has 136 valence electrons. The molecule has 0 atom stereocenters. The van der Waals surface area contributed by atoms with E-state index in [9.17, 15) is 9.59 Å². The highest BCUT2D eigenvalue weighted by Gasteiger charge is 2.34. The van der Waals surface area contributed by atoms with Crippen LogP contribution in [0.4, 0.5) is 0 Å². The number of rotatable bonds is 6. The summed E-state index contributed by atoms with van der Waals surface area (Å²) in [5, 5.41) is 0. The van der Waals surface area contributed by atoms with Gasteiger partial charge in [0.25, 0.3) is 11.5 Å². The van der Waals surface area contributed by atoms with Crippen molar-refractivity contribution in [2.45, 2.75) is 32.0 Å². The molecule has 0 radical (unpaired) electrons. The number of carbonyl (C=O) groups excluding carboxylic acids is 1. The summed E-state index contributed by atoms with van der Waals surface area (Å²) >= 11 is 0. The third-order valence-electron chi connectivity index (χ3n) is 4.89. The molecule has 0 N–H and O–H groups in total. The fourth-order valence-electron chi connectivity index (χ4n) is 3.29. The molecule has 4 rings (SSSR count). The molecule has 27 heavy (non-hydrogen) atoms. The topological polar surface area (TPSA) is 42.3 Å². The Balaban J connectivity index is 1.60. The highest BCUT2D eigenvalue weighted by molar-refractivity contribution is 5.94. The molecule has 2 aromatic carbocycles. The third kappa shape index (κ3) is 4.00. The van der Waals surface area contributed by atoms with Gasteiger partial charge in [0, 0.05) is 18.8 Å². The van der Waals surface area contributed by atoms with Crippen molar-refractivity contribution in [3.05, 3.63) is 106 Å². The van der Waals surface area contributed by atoms with Gasteiger partial charge in [-0.05, 0) is 36.1 Å². The second-order valence-corrected chi connectivity index (χ2v) is 6.99. The number of carbonyl (C=O) groups is 1. The minimum atomic E-state index is -0.231. The molecule has 4 nitrogen and oxygen atoms in total. The predicted octanol–water partition coefficient (Wildman–Crippen LogP) is 3.70. The SMILES string of the molecule is O=C(c1cccn(Cc2ccccc2)c1=O)N(Cc1ccccc1)C1CC1. The average molecular weight is 358 g/mol. The molecule has 0 saturated heterocycles. The van der Waals surface area contributed by atoms with Crippen LogP contribution in [-0.2, 0) is 13.1 Å². The zero-order chi connectivity index (χ0) is 18.6. The Morgan fingerprint density at radius 2 is 1.52 bits per heavy atom. The summed E-state index contributed by atoms with van der Waals surface area (Å²) < 4.78 is 1.61. The molecule has 1 aromatic heterocycles. The van der Waals surface area contributed by atoms with Crippen molar-refractivity contribution in [2.24, 2.45) is 0 Å². The molecule has 0 aliphatic heterocycles. The van der Waals surface area contributed by atoms with Gasteiger partial charge in [-0.3, -0.25) is 9.59 Å². The van der Waals surface area contributed by atoms with Crippen LogP contribution >= 0.6 is 0 Å². The van der Waals surface area contributed by atoms with E-state index in [1.165, 1.54) is 0 Å². The van der Waals surface area contributed by atoms with E-state index < -0.39 is 0 Å².